The van der Waals surface area contributed by atoms with E-state index in [9.17, 15) is 0 Å². The molecule has 0 fully saturated rings. The zero-order valence-electron chi connectivity index (χ0n) is 10.2. The summed E-state index contributed by atoms with van der Waals surface area (Å²) in [6, 6.07) is 15.2. The second-order valence-electron chi connectivity index (χ2n) is 3.92. The SMILES string of the molecule is Cc1ccccc1OCCOc1ccc(Cl)cc1. The lowest BCUT2D eigenvalue weighted by Gasteiger charge is -2.10. The number of ether oxygens (including phenoxy) is 2. The molecule has 0 atom stereocenters. The van der Waals surface area contributed by atoms with E-state index in [1.165, 1.54) is 0 Å². The first-order valence-electron chi connectivity index (χ1n) is 5.82. The van der Waals surface area contributed by atoms with E-state index < -0.39 is 0 Å². The summed E-state index contributed by atoms with van der Waals surface area (Å²) in [5.41, 5.74) is 1.13. The Morgan fingerprint density at radius 2 is 1.56 bits per heavy atom. The molecule has 0 N–H and O–H groups in total. The van der Waals surface area contributed by atoms with Gasteiger partial charge in [-0.2, -0.15) is 0 Å². The van der Waals surface area contributed by atoms with Gasteiger partial charge in [-0.15, -0.1) is 0 Å². The maximum atomic E-state index is 5.79. The summed E-state index contributed by atoms with van der Waals surface area (Å²) >= 11 is 5.79. The summed E-state index contributed by atoms with van der Waals surface area (Å²) in [4.78, 5) is 0. The van der Waals surface area contributed by atoms with Crippen LogP contribution in [0.3, 0.4) is 0 Å². The van der Waals surface area contributed by atoms with Crippen molar-refractivity contribution in [1.82, 2.24) is 0 Å². The van der Waals surface area contributed by atoms with E-state index in [1.54, 1.807) is 12.1 Å². The predicted molar refractivity (Wildman–Crippen MR) is 73.6 cm³/mol. The molecule has 0 aromatic heterocycles. The highest BCUT2D eigenvalue weighted by molar-refractivity contribution is 6.30. The molecule has 2 nitrogen and oxygen atoms in total. The van der Waals surface area contributed by atoms with Crippen LogP contribution < -0.4 is 9.47 Å². The fourth-order valence-corrected chi connectivity index (χ4v) is 1.69. The zero-order valence-corrected chi connectivity index (χ0v) is 11.0. The molecule has 0 bridgehead atoms. The Hall–Kier alpha value is -1.67. The average Bonchev–Trinajstić information content (AvgIpc) is 2.39. The molecule has 2 aromatic rings. The second-order valence-corrected chi connectivity index (χ2v) is 4.35. The molecule has 0 aliphatic rings. The molecule has 3 heteroatoms. The number of para-hydroxylation sites is 1. The summed E-state index contributed by atoms with van der Waals surface area (Å²) in [5, 5.41) is 0.707. The van der Waals surface area contributed by atoms with Crippen molar-refractivity contribution < 1.29 is 9.47 Å². The van der Waals surface area contributed by atoms with E-state index in [4.69, 9.17) is 21.1 Å². The lowest BCUT2D eigenvalue weighted by atomic mass is 10.2. The second kappa shape index (κ2) is 6.31. The highest BCUT2D eigenvalue weighted by Crippen LogP contribution is 2.17. The van der Waals surface area contributed by atoms with Gasteiger partial charge in [0.25, 0.3) is 0 Å². The monoisotopic (exact) mass is 262 g/mol. The van der Waals surface area contributed by atoms with Crippen LogP contribution in [-0.4, -0.2) is 13.2 Å². The van der Waals surface area contributed by atoms with E-state index in [2.05, 4.69) is 0 Å². The maximum Gasteiger partial charge on any atom is 0.122 e. The van der Waals surface area contributed by atoms with Gasteiger partial charge in [0.1, 0.15) is 24.7 Å². The van der Waals surface area contributed by atoms with Gasteiger partial charge >= 0.3 is 0 Å². The van der Waals surface area contributed by atoms with Crippen molar-refractivity contribution in [2.45, 2.75) is 6.92 Å². The summed E-state index contributed by atoms with van der Waals surface area (Å²) in [6.45, 7) is 3.05. The third-order valence-electron chi connectivity index (χ3n) is 2.52. The molecule has 0 aliphatic heterocycles. The van der Waals surface area contributed by atoms with Crippen molar-refractivity contribution in [3.8, 4) is 11.5 Å². The van der Waals surface area contributed by atoms with Crippen molar-refractivity contribution in [2.75, 3.05) is 13.2 Å². The minimum absolute atomic E-state index is 0.510. The Kier molecular flexibility index (Phi) is 4.48. The average molecular weight is 263 g/mol. The Morgan fingerprint density at radius 1 is 0.889 bits per heavy atom. The van der Waals surface area contributed by atoms with Gasteiger partial charge in [-0.1, -0.05) is 29.8 Å². The number of rotatable bonds is 5. The molecule has 0 saturated heterocycles. The van der Waals surface area contributed by atoms with Crippen molar-refractivity contribution in [3.63, 3.8) is 0 Å². The third kappa shape index (κ3) is 3.67. The van der Waals surface area contributed by atoms with Gasteiger partial charge in [-0.25, -0.2) is 0 Å². The smallest absolute Gasteiger partial charge is 0.122 e. The largest absolute Gasteiger partial charge is 0.490 e. The van der Waals surface area contributed by atoms with Crippen molar-refractivity contribution in [1.29, 1.82) is 0 Å². The molecule has 0 saturated carbocycles. The lowest BCUT2D eigenvalue weighted by Crippen LogP contribution is -2.09. The zero-order chi connectivity index (χ0) is 12.8. The lowest BCUT2D eigenvalue weighted by molar-refractivity contribution is 0.216. The van der Waals surface area contributed by atoms with Crippen LogP contribution in [0.5, 0.6) is 11.5 Å². The van der Waals surface area contributed by atoms with Gasteiger partial charge in [0.15, 0.2) is 0 Å². The van der Waals surface area contributed by atoms with Crippen molar-refractivity contribution in [2.24, 2.45) is 0 Å². The van der Waals surface area contributed by atoms with Crippen LogP contribution >= 0.6 is 11.6 Å². The fourth-order valence-electron chi connectivity index (χ4n) is 1.56. The standard InChI is InChI=1S/C15H15ClO2/c1-12-4-2-3-5-15(12)18-11-10-17-14-8-6-13(16)7-9-14/h2-9H,10-11H2,1H3. The van der Waals surface area contributed by atoms with Crippen molar-refractivity contribution >= 4 is 11.6 Å². The number of hydrogen-bond acceptors (Lipinski definition) is 2. The minimum atomic E-state index is 0.510. The Morgan fingerprint density at radius 3 is 2.28 bits per heavy atom. The predicted octanol–water partition coefficient (Wildman–Crippen LogP) is 4.11. The Balaban J connectivity index is 1.76. The van der Waals surface area contributed by atoms with Gasteiger partial charge < -0.3 is 9.47 Å². The number of benzene rings is 2. The van der Waals surface area contributed by atoms with Crippen molar-refractivity contribution in [3.05, 3.63) is 59.1 Å². The van der Waals surface area contributed by atoms with Gasteiger partial charge in [0, 0.05) is 5.02 Å². The molecular formula is C15H15ClO2. The first kappa shape index (κ1) is 12.8. The van der Waals surface area contributed by atoms with Crippen LogP contribution in [0.1, 0.15) is 5.56 Å². The molecule has 0 spiro atoms. The molecular weight excluding hydrogens is 248 g/mol. The third-order valence-corrected chi connectivity index (χ3v) is 2.77. The minimum Gasteiger partial charge on any atom is -0.490 e. The summed E-state index contributed by atoms with van der Waals surface area (Å²) in [6.07, 6.45) is 0. The molecule has 2 aromatic carbocycles. The van der Waals surface area contributed by atoms with Crippen LogP contribution in [-0.2, 0) is 0 Å². The molecule has 0 unspecified atom stereocenters. The van der Waals surface area contributed by atoms with Crippen LogP contribution in [0.2, 0.25) is 5.02 Å². The molecule has 18 heavy (non-hydrogen) atoms. The number of halogens is 1. The van der Waals surface area contributed by atoms with Crippen LogP contribution in [0, 0.1) is 6.92 Å². The molecule has 0 amide bonds. The molecule has 0 heterocycles. The van der Waals surface area contributed by atoms with Gasteiger partial charge in [-0.05, 0) is 42.8 Å². The molecule has 0 aliphatic carbocycles. The van der Waals surface area contributed by atoms with E-state index in [0.717, 1.165) is 17.1 Å². The van der Waals surface area contributed by atoms with Gasteiger partial charge in [0.2, 0.25) is 0 Å². The van der Waals surface area contributed by atoms with E-state index in [1.807, 2.05) is 43.3 Å². The first-order valence-corrected chi connectivity index (χ1v) is 6.20. The fraction of sp³-hybridized carbons (Fsp3) is 0.200. The van der Waals surface area contributed by atoms with Crippen LogP contribution in [0.15, 0.2) is 48.5 Å². The van der Waals surface area contributed by atoms with E-state index >= 15 is 0 Å². The van der Waals surface area contributed by atoms with E-state index in [0.29, 0.717) is 18.2 Å². The van der Waals surface area contributed by atoms with Gasteiger partial charge in [0.05, 0.1) is 0 Å². The summed E-state index contributed by atoms with van der Waals surface area (Å²) in [7, 11) is 0. The highest BCUT2D eigenvalue weighted by Gasteiger charge is 1.98. The molecule has 94 valence electrons. The van der Waals surface area contributed by atoms with Crippen LogP contribution in [0.25, 0.3) is 0 Å². The van der Waals surface area contributed by atoms with E-state index in [-0.39, 0.29) is 0 Å². The highest BCUT2D eigenvalue weighted by atomic mass is 35.5. The molecule has 0 radical (unpaired) electrons. The summed E-state index contributed by atoms with van der Waals surface area (Å²) < 4.78 is 11.2. The topological polar surface area (TPSA) is 18.5 Å². The number of hydrogen-bond donors (Lipinski definition) is 0. The normalized spacial score (nSPS) is 10.1. The van der Waals surface area contributed by atoms with Crippen LogP contribution in [0.4, 0.5) is 0 Å². The first-order chi connectivity index (χ1) is 8.75. The maximum absolute atomic E-state index is 5.79. The molecule has 2 rings (SSSR count). The Labute approximate surface area is 112 Å². The Bertz CT molecular complexity index is 494. The summed E-state index contributed by atoms with van der Waals surface area (Å²) in [5.74, 6) is 1.70. The quantitative estimate of drug-likeness (QED) is 0.755. The number of aryl methyl sites for hydroxylation is 1. The van der Waals surface area contributed by atoms with Gasteiger partial charge in [-0.3, -0.25) is 0 Å².